The van der Waals surface area contributed by atoms with Gasteiger partial charge in [0.25, 0.3) is 0 Å². The minimum atomic E-state index is -3.51. The van der Waals surface area contributed by atoms with Gasteiger partial charge in [-0.15, -0.1) is 0 Å². The Bertz CT molecular complexity index is 1060. The summed E-state index contributed by atoms with van der Waals surface area (Å²) in [5, 5.41) is 5.44. The van der Waals surface area contributed by atoms with Gasteiger partial charge in [0.2, 0.25) is 21.8 Å². The van der Waals surface area contributed by atoms with Crippen LogP contribution in [0.1, 0.15) is 31.0 Å². The van der Waals surface area contributed by atoms with Crippen molar-refractivity contribution in [3.63, 3.8) is 0 Å². The monoisotopic (exact) mass is 459 g/mol. The third-order valence-electron chi connectivity index (χ3n) is 4.81. The van der Waals surface area contributed by atoms with Crippen LogP contribution < -0.4 is 15.4 Å². The molecule has 0 saturated heterocycles. The molecule has 0 bridgehead atoms. The SMILES string of the molecule is COc1ccc(/C=C/C(=O)NC(C)C(=O)NC(C)c2ccc(S(=O)(=O)N(C)C)cc2)cc1. The van der Waals surface area contributed by atoms with Crippen LogP contribution in [0.3, 0.4) is 0 Å². The van der Waals surface area contributed by atoms with E-state index >= 15 is 0 Å². The molecule has 2 rings (SSSR count). The number of rotatable bonds is 9. The minimum Gasteiger partial charge on any atom is -0.497 e. The molecule has 172 valence electrons. The van der Waals surface area contributed by atoms with Gasteiger partial charge in [0.15, 0.2) is 0 Å². The molecule has 0 aromatic heterocycles. The van der Waals surface area contributed by atoms with Crippen LogP contribution in [0.5, 0.6) is 5.75 Å². The first kappa shape index (κ1) is 25.1. The lowest BCUT2D eigenvalue weighted by Gasteiger charge is -2.19. The van der Waals surface area contributed by atoms with E-state index in [0.29, 0.717) is 0 Å². The molecule has 32 heavy (non-hydrogen) atoms. The Balaban J connectivity index is 1.92. The Morgan fingerprint density at radius 2 is 1.56 bits per heavy atom. The smallest absolute Gasteiger partial charge is 0.244 e. The molecule has 0 radical (unpaired) electrons. The van der Waals surface area contributed by atoms with Crippen molar-refractivity contribution in [2.75, 3.05) is 21.2 Å². The molecule has 2 atom stereocenters. The fourth-order valence-electron chi connectivity index (χ4n) is 2.77. The van der Waals surface area contributed by atoms with E-state index in [0.717, 1.165) is 21.2 Å². The van der Waals surface area contributed by atoms with Gasteiger partial charge in [0.1, 0.15) is 11.8 Å². The van der Waals surface area contributed by atoms with Crippen LogP contribution in [0, 0.1) is 0 Å². The summed E-state index contributed by atoms with van der Waals surface area (Å²) < 4.78 is 30.6. The Kier molecular flexibility index (Phi) is 8.56. The molecule has 9 heteroatoms. The number of sulfonamides is 1. The first-order chi connectivity index (χ1) is 15.0. The van der Waals surface area contributed by atoms with Gasteiger partial charge in [-0.3, -0.25) is 9.59 Å². The Morgan fingerprint density at radius 1 is 0.969 bits per heavy atom. The second kappa shape index (κ2) is 10.9. The maximum absolute atomic E-state index is 12.5. The highest BCUT2D eigenvalue weighted by molar-refractivity contribution is 7.89. The summed E-state index contributed by atoms with van der Waals surface area (Å²) in [5.74, 6) is -0.0250. The van der Waals surface area contributed by atoms with Gasteiger partial charge >= 0.3 is 0 Å². The zero-order chi connectivity index (χ0) is 23.9. The molecule has 2 amide bonds. The van der Waals surface area contributed by atoms with Crippen molar-refractivity contribution < 1.29 is 22.7 Å². The Hall–Kier alpha value is -3.17. The first-order valence-corrected chi connectivity index (χ1v) is 11.4. The number of carbonyl (C=O) groups excluding carboxylic acids is 2. The van der Waals surface area contributed by atoms with Crippen LogP contribution >= 0.6 is 0 Å². The number of ether oxygens (including phenoxy) is 1. The highest BCUT2D eigenvalue weighted by Gasteiger charge is 2.19. The van der Waals surface area contributed by atoms with Gasteiger partial charge in [-0.25, -0.2) is 12.7 Å². The molecule has 0 fully saturated rings. The number of nitrogens with zero attached hydrogens (tertiary/aromatic N) is 1. The molecule has 2 N–H and O–H groups in total. The predicted molar refractivity (Wildman–Crippen MR) is 124 cm³/mol. The average molecular weight is 460 g/mol. The van der Waals surface area contributed by atoms with E-state index in [2.05, 4.69) is 10.6 Å². The lowest BCUT2D eigenvalue weighted by Crippen LogP contribution is -2.45. The molecule has 8 nitrogen and oxygen atoms in total. The molecule has 0 aliphatic heterocycles. The molecule has 0 aliphatic rings. The Labute approximate surface area is 189 Å². The average Bonchev–Trinajstić information content (AvgIpc) is 2.77. The molecule has 2 aromatic rings. The van der Waals surface area contributed by atoms with E-state index in [1.165, 1.54) is 32.3 Å². The molecular formula is C23H29N3O5S. The van der Waals surface area contributed by atoms with Gasteiger partial charge in [-0.05, 0) is 55.3 Å². The summed E-state index contributed by atoms with van der Waals surface area (Å²) >= 11 is 0. The van der Waals surface area contributed by atoms with Crippen molar-refractivity contribution in [3.05, 3.63) is 65.7 Å². The number of hydrogen-bond acceptors (Lipinski definition) is 5. The van der Waals surface area contributed by atoms with Gasteiger partial charge in [0.05, 0.1) is 18.0 Å². The first-order valence-electron chi connectivity index (χ1n) is 10.00. The lowest BCUT2D eigenvalue weighted by molar-refractivity contribution is -0.127. The van der Waals surface area contributed by atoms with Crippen molar-refractivity contribution in [1.29, 1.82) is 0 Å². The van der Waals surface area contributed by atoms with Gasteiger partial charge in [-0.2, -0.15) is 0 Å². The number of hydrogen-bond donors (Lipinski definition) is 2. The highest BCUT2D eigenvalue weighted by Crippen LogP contribution is 2.18. The Morgan fingerprint density at radius 3 is 2.09 bits per heavy atom. The predicted octanol–water partition coefficient (Wildman–Crippen LogP) is 2.34. The van der Waals surface area contributed by atoms with Gasteiger partial charge < -0.3 is 15.4 Å². The molecule has 0 aliphatic carbocycles. The van der Waals surface area contributed by atoms with E-state index in [-0.39, 0.29) is 16.8 Å². The standard InChI is InChI=1S/C23H29N3O5S/c1-16(19-9-13-21(14-10-19)32(29,30)26(3)4)25-23(28)17(2)24-22(27)15-8-18-6-11-20(31-5)12-7-18/h6-17H,1-5H3,(H,24,27)(H,25,28)/b15-8+. The topological polar surface area (TPSA) is 105 Å². The van der Waals surface area contributed by atoms with E-state index < -0.39 is 22.0 Å². The second-order valence-electron chi connectivity index (χ2n) is 7.42. The number of carbonyl (C=O) groups is 2. The largest absolute Gasteiger partial charge is 0.497 e. The van der Waals surface area contributed by atoms with Gasteiger partial charge in [-0.1, -0.05) is 24.3 Å². The third kappa shape index (κ3) is 6.66. The van der Waals surface area contributed by atoms with Crippen LogP contribution in [0.15, 0.2) is 59.5 Å². The van der Waals surface area contributed by atoms with Crippen molar-refractivity contribution in [2.45, 2.75) is 30.8 Å². The number of amides is 2. The molecule has 0 spiro atoms. The molecule has 2 unspecified atom stereocenters. The normalized spacial score (nSPS) is 13.6. The maximum Gasteiger partial charge on any atom is 0.244 e. The van der Waals surface area contributed by atoms with Crippen LogP contribution in [0.2, 0.25) is 0 Å². The fourth-order valence-corrected chi connectivity index (χ4v) is 3.68. The summed E-state index contributed by atoms with van der Waals surface area (Å²) in [6.45, 7) is 3.37. The maximum atomic E-state index is 12.5. The van der Waals surface area contributed by atoms with Crippen molar-refractivity contribution >= 4 is 27.9 Å². The van der Waals surface area contributed by atoms with E-state index in [1.54, 1.807) is 51.3 Å². The van der Waals surface area contributed by atoms with E-state index in [4.69, 9.17) is 4.74 Å². The summed E-state index contributed by atoms with van der Waals surface area (Å²) in [7, 11) is 0.999. The zero-order valence-corrected chi connectivity index (χ0v) is 19.6. The summed E-state index contributed by atoms with van der Waals surface area (Å²) in [6, 6.07) is 12.4. The molecular weight excluding hydrogens is 430 g/mol. The van der Waals surface area contributed by atoms with Crippen LogP contribution in [-0.4, -0.2) is 51.8 Å². The van der Waals surface area contributed by atoms with Crippen molar-refractivity contribution in [3.8, 4) is 5.75 Å². The minimum absolute atomic E-state index is 0.175. The third-order valence-corrected chi connectivity index (χ3v) is 6.64. The number of benzene rings is 2. The zero-order valence-electron chi connectivity index (χ0n) is 18.8. The molecule has 0 heterocycles. The van der Waals surface area contributed by atoms with Crippen LogP contribution in [0.25, 0.3) is 6.08 Å². The van der Waals surface area contributed by atoms with Crippen molar-refractivity contribution in [1.82, 2.24) is 14.9 Å². The van der Waals surface area contributed by atoms with E-state index in [9.17, 15) is 18.0 Å². The quantitative estimate of drug-likeness (QED) is 0.560. The molecule has 2 aromatic carbocycles. The van der Waals surface area contributed by atoms with Crippen molar-refractivity contribution in [2.24, 2.45) is 0 Å². The highest BCUT2D eigenvalue weighted by atomic mass is 32.2. The van der Waals surface area contributed by atoms with Crippen LogP contribution in [-0.2, 0) is 19.6 Å². The lowest BCUT2D eigenvalue weighted by atomic mass is 10.1. The molecule has 0 saturated carbocycles. The van der Waals surface area contributed by atoms with E-state index in [1.807, 2.05) is 12.1 Å². The fraction of sp³-hybridized carbons (Fsp3) is 0.304. The van der Waals surface area contributed by atoms with Gasteiger partial charge in [0, 0.05) is 20.2 Å². The summed E-state index contributed by atoms with van der Waals surface area (Å²) in [5.41, 5.74) is 1.57. The number of methoxy groups -OCH3 is 1. The summed E-state index contributed by atoms with van der Waals surface area (Å²) in [4.78, 5) is 24.8. The number of nitrogens with one attached hydrogen (secondary N) is 2. The van der Waals surface area contributed by atoms with Crippen LogP contribution in [0.4, 0.5) is 0 Å². The second-order valence-corrected chi connectivity index (χ2v) is 9.58. The summed E-state index contributed by atoms with van der Waals surface area (Å²) in [6.07, 6.45) is 3.00.